The van der Waals surface area contributed by atoms with Crippen LogP contribution in [0.4, 0.5) is 9.80 Å². The van der Waals surface area contributed by atoms with Gasteiger partial charge in [0.15, 0.2) is 5.60 Å². The normalized spacial score (nSPS) is 24.5. The maximum atomic E-state index is 16.0. The lowest BCUT2D eigenvalue weighted by molar-refractivity contribution is -0.149. The average molecular weight is 541 g/mol. The van der Waals surface area contributed by atoms with Crippen molar-refractivity contribution < 1.29 is 28.3 Å². The topological polar surface area (TPSA) is 79.3 Å². The van der Waals surface area contributed by atoms with E-state index in [0.717, 1.165) is 5.56 Å². The highest BCUT2D eigenvalue weighted by atomic mass is 28.4. The highest BCUT2D eigenvalue weighted by Gasteiger charge is 2.67. The van der Waals surface area contributed by atoms with E-state index in [1.807, 2.05) is 43.3 Å². The molecule has 2 aromatic rings. The number of rotatable bonds is 10. The van der Waals surface area contributed by atoms with E-state index in [1.54, 1.807) is 48.2 Å². The van der Waals surface area contributed by atoms with Gasteiger partial charge in [-0.1, -0.05) is 43.3 Å². The van der Waals surface area contributed by atoms with Gasteiger partial charge in [0.25, 0.3) is 5.91 Å². The summed E-state index contributed by atoms with van der Waals surface area (Å²) in [6.07, 6.45) is 0.762. The van der Waals surface area contributed by atoms with Crippen LogP contribution in [-0.2, 0) is 26.5 Å². The Morgan fingerprint density at radius 3 is 2.61 bits per heavy atom. The molecule has 2 amide bonds. The Morgan fingerprint density at radius 1 is 1.29 bits per heavy atom. The van der Waals surface area contributed by atoms with Gasteiger partial charge in [0.2, 0.25) is 14.3 Å². The Labute approximate surface area is 225 Å². The first-order valence-electron chi connectivity index (χ1n) is 13.0. The summed E-state index contributed by atoms with van der Waals surface area (Å²) in [6, 6.07) is 14.9. The van der Waals surface area contributed by atoms with Crippen molar-refractivity contribution in [1.82, 2.24) is 4.90 Å². The highest BCUT2D eigenvalue weighted by Crippen LogP contribution is 2.60. The lowest BCUT2D eigenvalue weighted by atomic mass is 9.82. The van der Waals surface area contributed by atoms with Gasteiger partial charge < -0.3 is 28.5 Å². The van der Waals surface area contributed by atoms with E-state index in [0.29, 0.717) is 23.5 Å². The molecule has 1 N–H and O–H groups in total. The zero-order valence-electron chi connectivity index (χ0n) is 22.5. The van der Waals surface area contributed by atoms with Crippen molar-refractivity contribution in [3.05, 3.63) is 72.3 Å². The molecule has 2 aromatic carbocycles. The number of ether oxygens (including phenoxy) is 2. The summed E-state index contributed by atoms with van der Waals surface area (Å²) in [7, 11) is -1.87. The van der Waals surface area contributed by atoms with Gasteiger partial charge in [0, 0.05) is 36.7 Å². The van der Waals surface area contributed by atoms with Crippen molar-refractivity contribution in [3.63, 3.8) is 0 Å². The molecule has 4 rings (SSSR count). The van der Waals surface area contributed by atoms with Crippen LogP contribution in [0, 0.1) is 5.92 Å². The molecule has 7 nitrogen and oxygen atoms in total. The lowest BCUT2D eigenvalue weighted by Gasteiger charge is -2.31. The van der Waals surface area contributed by atoms with Crippen LogP contribution < -0.4 is 9.64 Å². The molecule has 204 valence electrons. The van der Waals surface area contributed by atoms with Gasteiger partial charge >= 0.3 is 0 Å². The highest BCUT2D eigenvalue weighted by molar-refractivity contribution is 6.72. The van der Waals surface area contributed by atoms with E-state index in [-0.39, 0.29) is 37.9 Å². The molecule has 38 heavy (non-hydrogen) atoms. The van der Waals surface area contributed by atoms with E-state index >= 15 is 4.11 Å². The van der Waals surface area contributed by atoms with Gasteiger partial charge in [-0.05, 0) is 36.9 Å². The predicted octanol–water partition coefficient (Wildman–Crippen LogP) is 4.41. The second kappa shape index (κ2) is 11.0. The number of hydrogen-bond donors (Lipinski definition) is 1. The molecule has 0 aliphatic carbocycles. The largest absolute Gasteiger partial charge is 0.497 e. The number of benzene rings is 2. The van der Waals surface area contributed by atoms with Crippen molar-refractivity contribution in [2.24, 2.45) is 5.92 Å². The van der Waals surface area contributed by atoms with E-state index in [4.69, 9.17) is 9.47 Å². The second-order valence-electron chi connectivity index (χ2n) is 10.6. The zero-order chi connectivity index (χ0) is 27.7. The molecule has 0 radical (unpaired) electrons. The molecule has 2 aliphatic rings. The van der Waals surface area contributed by atoms with Gasteiger partial charge in [0.1, 0.15) is 5.75 Å². The molecule has 0 bridgehead atoms. The molecular formula is C29H37FN2O5Si. The standard InChI is InChI=1S/C29H37FN2O5Si/c1-6-14-32-24-13-12-22(36-3)17-23(24)29(28(32)35)20(2)27(38(4,5)30)25(37-29)18-26(34)31(15-16-33)19-21-10-8-7-9-11-21/h6-13,17,20,25,27,33H,1,14-16,18-19H2,2-5H3/t20-,25+,27-,29+/m0/s1. The molecule has 2 aliphatic heterocycles. The van der Waals surface area contributed by atoms with Crippen molar-refractivity contribution in [2.45, 2.75) is 50.2 Å². The van der Waals surface area contributed by atoms with E-state index in [9.17, 15) is 14.7 Å². The summed E-state index contributed by atoms with van der Waals surface area (Å²) in [5, 5.41) is 9.64. The third-order valence-electron chi connectivity index (χ3n) is 7.79. The molecule has 1 saturated heterocycles. The van der Waals surface area contributed by atoms with Crippen molar-refractivity contribution in [1.29, 1.82) is 0 Å². The zero-order valence-corrected chi connectivity index (χ0v) is 23.5. The Hall–Kier alpha value is -3.01. The number of methoxy groups -OCH3 is 1. The van der Waals surface area contributed by atoms with Gasteiger partial charge in [0.05, 0.1) is 31.9 Å². The van der Waals surface area contributed by atoms with Gasteiger partial charge in [-0.2, -0.15) is 0 Å². The minimum atomic E-state index is -3.42. The first-order valence-corrected chi connectivity index (χ1v) is 15.9. The molecule has 9 heteroatoms. The first-order chi connectivity index (χ1) is 18.1. The van der Waals surface area contributed by atoms with E-state index < -0.39 is 31.6 Å². The number of hydrogen-bond acceptors (Lipinski definition) is 5. The number of aliphatic hydroxyl groups excluding tert-OH is 1. The molecule has 0 unspecified atom stereocenters. The Balaban J connectivity index is 1.72. The van der Waals surface area contributed by atoms with Crippen molar-refractivity contribution >= 4 is 25.9 Å². The molecule has 1 spiro atoms. The summed E-state index contributed by atoms with van der Waals surface area (Å²) in [4.78, 5) is 30.8. The number of carbonyl (C=O) groups is 2. The lowest BCUT2D eigenvalue weighted by Crippen LogP contribution is -2.45. The number of fused-ring (bicyclic) bond motifs is 2. The number of aliphatic hydroxyl groups is 1. The van der Waals surface area contributed by atoms with Crippen LogP contribution in [0.3, 0.4) is 0 Å². The van der Waals surface area contributed by atoms with Gasteiger partial charge in [-0.25, -0.2) is 0 Å². The monoisotopic (exact) mass is 540 g/mol. The first kappa shape index (κ1) is 28.0. The number of nitrogens with zero attached hydrogens (tertiary/aromatic N) is 2. The summed E-state index contributed by atoms with van der Waals surface area (Å²) in [5.74, 6) is -0.472. The maximum absolute atomic E-state index is 16.0. The van der Waals surface area contributed by atoms with E-state index in [2.05, 4.69) is 6.58 Å². The third-order valence-corrected chi connectivity index (χ3v) is 10.3. The van der Waals surface area contributed by atoms with E-state index in [1.165, 1.54) is 0 Å². The van der Waals surface area contributed by atoms with Crippen LogP contribution >= 0.6 is 0 Å². The van der Waals surface area contributed by atoms with Crippen LogP contribution in [0.5, 0.6) is 5.75 Å². The minimum absolute atomic E-state index is 0.0853. The fraction of sp³-hybridized carbons (Fsp3) is 0.448. The van der Waals surface area contributed by atoms with Gasteiger partial charge in [-0.3, -0.25) is 9.59 Å². The molecular weight excluding hydrogens is 503 g/mol. The predicted molar refractivity (Wildman–Crippen MR) is 147 cm³/mol. The summed E-state index contributed by atoms with van der Waals surface area (Å²) >= 11 is 0. The third kappa shape index (κ3) is 4.90. The van der Waals surface area contributed by atoms with Crippen molar-refractivity contribution in [2.75, 3.05) is 31.7 Å². The Kier molecular flexibility index (Phi) is 8.11. The molecule has 4 atom stereocenters. The number of carbonyl (C=O) groups excluding carboxylic acids is 2. The quantitative estimate of drug-likeness (QED) is 0.274. The van der Waals surface area contributed by atoms with Crippen LogP contribution in [0.25, 0.3) is 0 Å². The van der Waals surface area contributed by atoms with Crippen LogP contribution in [0.1, 0.15) is 24.5 Å². The molecule has 1 fully saturated rings. The second-order valence-corrected chi connectivity index (χ2v) is 14.4. The van der Waals surface area contributed by atoms with Gasteiger partial charge in [-0.15, -0.1) is 6.58 Å². The number of halogens is 1. The maximum Gasteiger partial charge on any atom is 0.264 e. The fourth-order valence-electron chi connectivity index (χ4n) is 6.18. The van der Waals surface area contributed by atoms with Crippen LogP contribution in [0.2, 0.25) is 18.6 Å². The summed E-state index contributed by atoms with van der Waals surface area (Å²) in [5.41, 5.74) is 0.199. The average Bonchev–Trinajstić information content (AvgIpc) is 3.31. The summed E-state index contributed by atoms with van der Waals surface area (Å²) < 4.78 is 28.1. The SMILES string of the molecule is C=CCN1C(=O)[C@]2(O[C@H](CC(=O)N(CCO)Cc3ccccc3)[C@@H]([Si](C)(C)F)[C@@H]2C)c2cc(OC)ccc21. The Morgan fingerprint density at radius 2 is 2.00 bits per heavy atom. The number of anilines is 1. The van der Waals surface area contributed by atoms with Crippen LogP contribution in [-0.4, -0.2) is 63.1 Å². The number of amides is 2. The Bertz CT molecular complexity index is 1190. The summed E-state index contributed by atoms with van der Waals surface area (Å²) in [6.45, 7) is 9.42. The van der Waals surface area contributed by atoms with Crippen LogP contribution in [0.15, 0.2) is 61.2 Å². The fourth-order valence-corrected chi connectivity index (χ4v) is 8.68. The smallest absolute Gasteiger partial charge is 0.264 e. The molecule has 2 heterocycles. The van der Waals surface area contributed by atoms with Crippen molar-refractivity contribution in [3.8, 4) is 5.75 Å². The molecule has 0 aromatic heterocycles. The minimum Gasteiger partial charge on any atom is -0.497 e. The molecule has 0 saturated carbocycles.